The molecule has 0 saturated carbocycles. The third-order valence-corrected chi connectivity index (χ3v) is 2.13. The fraction of sp³-hybridized carbons (Fsp3) is 0.429. The van der Waals surface area contributed by atoms with Crippen molar-refractivity contribution in [3.63, 3.8) is 0 Å². The maximum atomic E-state index is 12.4. The Labute approximate surface area is 91.6 Å². The van der Waals surface area contributed by atoms with Gasteiger partial charge in [0, 0.05) is 12.7 Å². The number of hydrogen-bond acceptors (Lipinski definition) is 3. The van der Waals surface area contributed by atoms with Gasteiger partial charge in [0.1, 0.15) is 11.1 Å². The number of alkyl halides is 3. The molecule has 0 fully saturated rings. The summed E-state index contributed by atoms with van der Waals surface area (Å²) in [6.07, 6.45) is -4.08. The van der Waals surface area contributed by atoms with Crippen molar-refractivity contribution in [2.24, 2.45) is 5.73 Å². The number of nitrogens with zero attached hydrogens (tertiary/aromatic N) is 1. The Kier molecular flexibility index (Phi) is 3.44. The molecule has 1 aromatic rings. The van der Waals surface area contributed by atoms with E-state index in [0.717, 1.165) is 0 Å². The summed E-state index contributed by atoms with van der Waals surface area (Å²) in [4.78, 5) is 23.6. The normalized spacial score (nSPS) is 13.8. The van der Waals surface area contributed by atoms with E-state index in [0.29, 0.717) is 6.20 Å². The third kappa shape index (κ3) is 2.45. The molecular formula is C7H7ClF3N3O2. The number of H-pyrrole nitrogens is 1. The summed E-state index contributed by atoms with van der Waals surface area (Å²) >= 11 is 5.33. The summed E-state index contributed by atoms with van der Waals surface area (Å²) in [5.41, 5.74) is 2.78. The van der Waals surface area contributed by atoms with Gasteiger partial charge in [0.05, 0.1) is 0 Å². The average Bonchev–Trinajstić information content (AvgIpc) is 2.12. The Morgan fingerprint density at radius 3 is 2.50 bits per heavy atom. The summed E-state index contributed by atoms with van der Waals surface area (Å²) in [5, 5.41) is -0.512. The van der Waals surface area contributed by atoms with Gasteiger partial charge in [0.15, 0.2) is 0 Å². The molecule has 1 heterocycles. The van der Waals surface area contributed by atoms with Crippen molar-refractivity contribution in [2.45, 2.75) is 12.2 Å². The highest BCUT2D eigenvalue weighted by Gasteiger charge is 2.40. The zero-order valence-corrected chi connectivity index (χ0v) is 8.47. The van der Waals surface area contributed by atoms with E-state index in [9.17, 15) is 22.8 Å². The van der Waals surface area contributed by atoms with Crippen LogP contribution in [0.1, 0.15) is 6.04 Å². The van der Waals surface area contributed by atoms with Crippen LogP contribution in [-0.2, 0) is 0 Å². The molecule has 3 N–H and O–H groups in total. The predicted molar refractivity (Wildman–Crippen MR) is 50.5 cm³/mol. The Hall–Kier alpha value is -1.28. The van der Waals surface area contributed by atoms with Crippen LogP contribution in [0.2, 0.25) is 5.02 Å². The van der Waals surface area contributed by atoms with Gasteiger partial charge in [-0.05, 0) is 0 Å². The van der Waals surface area contributed by atoms with Gasteiger partial charge in [-0.3, -0.25) is 14.3 Å². The molecule has 0 aliphatic carbocycles. The van der Waals surface area contributed by atoms with Gasteiger partial charge < -0.3 is 5.73 Å². The van der Waals surface area contributed by atoms with Crippen molar-refractivity contribution in [3.8, 4) is 0 Å². The SMILES string of the molecule is NCC(n1cc(Cl)c(=O)[nH]c1=O)C(F)(F)F. The fourth-order valence-electron chi connectivity index (χ4n) is 1.10. The van der Waals surface area contributed by atoms with Gasteiger partial charge in [0.2, 0.25) is 0 Å². The third-order valence-electron chi connectivity index (χ3n) is 1.86. The molecule has 0 aromatic carbocycles. The first-order chi connectivity index (χ1) is 7.27. The highest BCUT2D eigenvalue weighted by atomic mass is 35.5. The molecule has 90 valence electrons. The van der Waals surface area contributed by atoms with Crippen molar-refractivity contribution in [1.82, 2.24) is 9.55 Å². The van der Waals surface area contributed by atoms with Crippen LogP contribution in [0.25, 0.3) is 0 Å². The van der Waals surface area contributed by atoms with Crippen LogP contribution in [0.3, 0.4) is 0 Å². The van der Waals surface area contributed by atoms with E-state index in [1.54, 1.807) is 4.98 Å². The molecule has 5 nitrogen and oxygen atoms in total. The highest BCUT2D eigenvalue weighted by Crippen LogP contribution is 2.28. The maximum absolute atomic E-state index is 12.4. The van der Waals surface area contributed by atoms with Crippen molar-refractivity contribution in [1.29, 1.82) is 0 Å². The second-order valence-electron chi connectivity index (χ2n) is 2.94. The van der Waals surface area contributed by atoms with E-state index in [1.165, 1.54) is 0 Å². The molecule has 0 saturated heterocycles. The lowest BCUT2D eigenvalue weighted by Gasteiger charge is -2.20. The van der Waals surface area contributed by atoms with Crippen LogP contribution in [0.4, 0.5) is 13.2 Å². The Balaban J connectivity index is 3.38. The summed E-state index contributed by atoms with van der Waals surface area (Å²) < 4.78 is 37.6. The number of aromatic nitrogens is 2. The van der Waals surface area contributed by atoms with E-state index >= 15 is 0 Å². The molecule has 0 aliphatic rings. The topological polar surface area (TPSA) is 80.9 Å². The minimum absolute atomic E-state index is 0.254. The van der Waals surface area contributed by atoms with Crippen LogP contribution < -0.4 is 17.0 Å². The van der Waals surface area contributed by atoms with Crippen LogP contribution in [0.15, 0.2) is 15.8 Å². The predicted octanol–water partition coefficient (Wildman–Crippen LogP) is 0.252. The van der Waals surface area contributed by atoms with E-state index in [2.05, 4.69) is 0 Å². The van der Waals surface area contributed by atoms with Gasteiger partial charge in [0.25, 0.3) is 5.56 Å². The standard InChI is InChI=1S/C7H7ClF3N3O2/c8-3-2-14(6(16)13-5(3)15)4(1-12)7(9,10)11/h2,4H,1,12H2,(H,13,15,16). The lowest BCUT2D eigenvalue weighted by atomic mass is 10.3. The Morgan fingerprint density at radius 2 is 2.06 bits per heavy atom. The van der Waals surface area contributed by atoms with Crippen molar-refractivity contribution in [2.75, 3.05) is 6.54 Å². The highest BCUT2D eigenvalue weighted by molar-refractivity contribution is 6.30. The number of aromatic amines is 1. The van der Waals surface area contributed by atoms with Crippen LogP contribution in [0, 0.1) is 0 Å². The lowest BCUT2D eigenvalue weighted by molar-refractivity contribution is -0.165. The van der Waals surface area contributed by atoms with E-state index < -0.39 is 35.0 Å². The monoisotopic (exact) mass is 257 g/mol. The van der Waals surface area contributed by atoms with Crippen molar-refractivity contribution < 1.29 is 13.2 Å². The molecule has 1 atom stereocenters. The first-order valence-electron chi connectivity index (χ1n) is 4.05. The van der Waals surface area contributed by atoms with E-state index in [-0.39, 0.29) is 4.57 Å². The maximum Gasteiger partial charge on any atom is 0.410 e. The van der Waals surface area contributed by atoms with Gasteiger partial charge in [-0.15, -0.1) is 0 Å². The summed E-state index contributed by atoms with van der Waals surface area (Å²) in [7, 11) is 0. The Bertz CT molecular complexity index is 493. The summed E-state index contributed by atoms with van der Waals surface area (Å²) in [6.45, 7) is -0.828. The zero-order valence-electron chi connectivity index (χ0n) is 7.71. The van der Waals surface area contributed by atoms with Gasteiger partial charge in [-0.1, -0.05) is 11.6 Å². The first kappa shape index (κ1) is 12.8. The number of hydrogen-bond donors (Lipinski definition) is 2. The first-order valence-corrected chi connectivity index (χ1v) is 4.43. The minimum atomic E-state index is -4.69. The molecule has 0 spiro atoms. The molecule has 0 bridgehead atoms. The van der Waals surface area contributed by atoms with Crippen LogP contribution >= 0.6 is 11.6 Å². The molecule has 0 aliphatic heterocycles. The molecule has 1 rings (SSSR count). The Morgan fingerprint density at radius 1 is 1.50 bits per heavy atom. The largest absolute Gasteiger partial charge is 0.410 e. The van der Waals surface area contributed by atoms with Crippen LogP contribution in [-0.4, -0.2) is 22.3 Å². The lowest BCUT2D eigenvalue weighted by Crippen LogP contribution is -2.41. The van der Waals surface area contributed by atoms with Crippen molar-refractivity contribution in [3.05, 3.63) is 32.1 Å². The molecular weight excluding hydrogens is 251 g/mol. The second kappa shape index (κ2) is 4.30. The molecule has 1 unspecified atom stereocenters. The smallest absolute Gasteiger partial charge is 0.328 e. The van der Waals surface area contributed by atoms with Crippen LogP contribution in [0.5, 0.6) is 0 Å². The summed E-state index contributed by atoms with van der Waals surface area (Å²) in [6, 6.07) is -2.21. The van der Waals surface area contributed by atoms with E-state index in [4.69, 9.17) is 17.3 Å². The second-order valence-corrected chi connectivity index (χ2v) is 3.34. The number of rotatable bonds is 2. The van der Waals surface area contributed by atoms with Gasteiger partial charge in [-0.25, -0.2) is 4.79 Å². The van der Waals surface area contributed by atoms with Gasteiger partial charge in [-0.2, -0.15) is 13.2 Å². The number of halogens is 4. The molecule has 1 aromatic heterocycles. The van der Waals surface area contributed by atoms with E-state index in [1.807, 2.05) is 0 Å². The quantitative estimate of drug-likeness (QED) is 0.797. The van der Waals surface area contributed by atoms with Gasteiger partial charge >= 0.3 is 11.9 Å². The van der Waals surface area contributed by atoms with Crippen molar-refractivity contribution >= 4 is 11.6 Å². The molecule has 16 heavy (non-hydrogen) atoms. The fourth-order valence-corrected chi connectivity index (χ4v) is 1.25. The zero-order chi connectivity index (χ0) is 12.5. The molecule has 9 heteroatoms. The molecule has 0 amide bonds. The number of nitrogens with two attached hydrogens (primary N) is 1. The minimum Gasteiger partial charge on any atom is -0.328 e. The average molecular weight is 258 g/mol. The molecule has 0 radical (unpaired) electrons. The summed E-state index contributed by atoms with van der Waals surface area (Å²) in [5.74, 6) is 0. The number of nitrogens with one attached hydrogen (secondary N) is 1.